The number of hydrogen-bond donors (Lipinski definition) is 1. The van der Waals surface area contributed by atoms with Crippen LogP contribution in [-0.4, -0.2) is 0 Å². The first-order chi connectivity index (χ1) is 4.93. The van der Waals surface area contributed by atoms with E-state index in [2.05, 4.69) is 28.6 Å². The highest BCUT2D eigenvalue weighted by Crippen LogP contribution is 2.41. The Labute approximate surface area is 79.0 Å². The molecule has 11 heavy (non-hydrogen) atoms. The fraction of sp³-hybridized carbons (Fsp3) is 0.200. The van der Waals surface area contributed by atoms with Gasteiger partial charge in [0.15, 0.2) is 0 Å². The standard InChI is InChI=1S/C5H2BrF3S2/c6-3-2(5(7,8)9)1-11-4(3)10/h1,10H. The van der Waals surface area contributed by atoms with E-state index >= 15 is 0 Å². The molecule has 0 saturated heterocycles. The maximum Gasteiger partial charge on any atom is 0.418 e. The smallest absolute Gasteiger partial charge is 0.166 e. The molecule has 1 heterocycles. The Bertz CT molecular complexity index is 265. The SMILES string of the molecule is FC(F)(F)c1csc(S)c1Br. The van der Waals surface area contributed by atoms with Crippen LogP contribution in [0.15, 0.2) is 14.1 Å². The molecular formula is C5H2BrF3S2. The molecule has 0 atom stereocenters. The van der Waals surface area contributed by atoms with Gasteiger partial charge in [0.2, 0.25) is 0 Å². The van der Waals surface area contributed by atoms with E-state index < -0.39 is 11.7 Å². The molecule has 62 valence electrons. The van der Waals surface area contributed by atoms with Crippen molar-refractivity contribution < 1.29 is 13.2 Å². The van der Waals surface area contributed by atoms with Crippen LogP contribution in [0.5, 0.6) is 0 Å². The van der Waals surface area contributed by atoms with Crippen LogP contribution in [-0.2, 0) is 6.18 Å². The quantitative estimate of drug-likeness (QED) is 0.676. The van der Waals surface area contributed by atoms with Crippen molar-refractivity contribution in [2.45, 2.75) is 10.4 Å². The zero-order valence-corrected chi connectivity index (χ0v) is 8.24. The van der Waals surface area contributed by atoms with Gasteiger partial charge in [-0.25, -0.2) is 0 Å². The molecule has 0 saturated carbocycles. The van der Waals surface area contributed by atoms with Crippen LogP contribution in [0.3, 0.4) is 0 Å². The Morgan fingerprint density at radius 2 is 2.00 bits per heavy atom. The Morgan fingerprint density at radius 3 is 2.18 bits per heavy atom. The predicted molar refractivity (Wildman–Crippen MR) is 44.3 cm³/mol. The van der Waals surface area contributed by atoms with Gasteiger partial charge in [-0.15, -0.1) is 24.0 Å². The first kappa shape index (κ1) is 9.41. The topological polar surface area (TPSA) is 0 Å². The van der Waals surface area contributed by atoms with E-state index in [1.54, 1.807) is 0 Å². The van der Waals surface area contributed by atoms with E-state index in [9.17, 15) is 13.2 Å². The summed E-state index contributed by atoms with van der Waals surface area (Å²) < 4.78 is 36.4. The highest BCUT2D eigenvalue weighted by Gasteiger charge is 2.34. The van der Waals surface area contributed by atoms with Crippen molar-refractivity contribution >= 4 is 39.9 Å². The van der Waals surface area contributed by atoms with E-state index in [1.807, 2.05) is 0 Å². The summed E-state index contributed by atoms with van der Waals surface area (Å²) in [4.78, 5) is 0. The molecule has 1 aromatic heterocycles. The maximum absolute atomic E-state index is 12.0. The molecule has 0 aliphatic carbocycles. The van der Waals surface area contributed by atoms with Gasteiger partial charge >= 0.3 is 6.18 Å². The normalized spacial score (nSPS) is 12.1. The van der Waals surface area contributed by atoms with Crippen LogP contribution >= 0.6 is 39.9 Å². The molecule has 0 amide bonds. The molecule has 1 aromatic rings. The average molecular weight is 263 g/mol. The van der Waals surface area contributed by atoms with E-state index in [0.717, 1.165) is 16.7 Å². The summed E-state index contributed by atoms with van der Waals surface area (Å²) >= 11 is 7.58. The second-order valence-corrected chi connectivity index (χ2v) is 4.19. The average Bonchev–Trinajstić information content (AvgIpc) is 2.11. The van der Waals surface area contributed by atoms with Gasteiger partial charge in [-0.1, -0.05) is 0 Å². The highest BCUT2D eigenvalue weighted by molar-refractivity contribution is 9.10. The van der Waals surface area contributed by atoms with Crippen molar-refractivity contribution in [3.05, 3.63) is 15.4 Å². The van der Waals surface area contributed by atoms with Gasteiger partial charge in [0.25, 0.3) is 0 Å². The highest BCUT2D eigenvalue weighted by atomic mass is 79.9. The second-order valence-electron chi connectivity index (χ2n) is 1.77. The Hall–Kier alpha value is 0.320. The molecule has 0 aliphatic heterocycles. The number of thiol groups is 1. The zero-order chi connectivity index (χ0) is 8.65. The minimum absolute atomic E-state index is 0.0262. The van der Waals surface area contributed by atoms with Gasteiger partial charge in [0.1, 0.15) is 0 Å². The summed E-state index contributed by atoms with van der Waals surface area (Å²) in [6.45, 7) is 0. The fourth-order valence-corrected chi connectivity index (χ4v) is 2.27. The molecule has 0 spiro atoms. The van der Waals surface area contributed by atoms with Crippen molar-refractivity contribution in [1.29, 1.82) is 0 Å². The van der Waals surface area contributed by atoms with E-state index in [-0.39, 0.29) is 4.47 Å². The van der Waals surface area contributed by atoms with Gasteiger partial charge < -0.3 is 0 Å². The molecule has 0 unspecified atom stereocenters. The number of alkyl halides is 3. The first-order valence-corrected chi connectivity index (χ1v) is 4.58. The fourth-order valence-electron chi connectivity index (χ4n) is 0.525. The Kier molecular flexibility index (Phi) is 2.56. The monoisotopic (exact) mass is 262 g/mol. The van der Waals surface area contributed by atoms with E-state index in [4.69, 9.17) is 0 Å². The molecule has 0 fully saturated rings. The van der Waals surface area contributed by atoms with Gasteiger partial charge in [0, 0.05) is 5.38 Å². The van der Waals surface area contributed by atoms with Gasteiger partial charge in [0.05, 0.1) is 14.2 Å². The third-order valence-corrected chi connectivity index (χ3v) is 3.73. The Balaban J connectivity index is 3.15. The van der Waals surface area contributed by atoms with Crippen molar-refractivity contribution in [3.63, 3.8) is 0 Å². The van der Waals surface area contributed by atoms with Crippen LogP contribution < -0.4 is 0 Å². The summed E-state index contributed by atoms with van der Waals surface area (Å²) in [7, 11) is 0. The van der Waals surface area contributed by atoms with Crippen LogP contribution in [0.2, 0.25) is 0 Å². The molecule has 0 bridgehead atoms. The van der Waals surface area contributed by atoms with E-state index in [1.165, 1.54) is 0 Å². The van der Waals surface area contributed by atoms with Crippen molar-refractivity contribution in [1.82, 2.24) is 0 Å². The number of rotatable bonds is 0. The summed E-state index contributed by atoms with van der Waals surface area (Å²) in [5.41, 5.74) is -0.660. The van der Waals surface area contributed by atoms with Gasteiger partial charge in [-0.2, -0.15) is 13.2 Å². The van der Waals surface area contributed by atoms with Crippen LogP contribution in [0.25, 0.3) is 0 Å². The molecular weight excluding hydrogens is 261 g/mol. The predicted octanol–water partition coefficient (Wildman–Crippen LogP) is 3.82. The third-order valence-electron chi connectivity index (χ3n) is 1.02. The maximum atomic E-state index is 12.0. The van der Waals surface area contributed by atoms with Crippen LogP contribution in [0.4, 0.5) is 13.2 Å². The van der Waals surface area contributed by atoms with Crippen molar-refractivity contribution in [3.8, 4) is 0 Å². The van der Waals surface area contributed by atoms with Crippen LogP contribution in [0.1, 0.15) is 5.56 Å². The third kappa shape index (κ3) is 1.91. The van der Waals surface area contributed by atoms with Gasteiger partial charge in [-0.05, 0) is 15.9 Å². The lowest BCUT2D eigenvalue weighted by Gasteiger charge is -2.03. The first-order valence-electron chi connectivity index (χ1n) is 2.46. The van der Waals surface area contributed by atoms with Crippen molar-refractivity contribution in [2.24, 2.45) is 0 Å². The molecule has 0 radical (unpaired) electrons. The molecule has 0 N–H and O–H groups in total. The summed E-state index contributed by atoms with van der Waals surface area (Å²) in [5.74, 6) is 0. The molecule has 6 heteroatoms. The lowest BCUT2D eigenvalue weighted by atomic mass is 10.3. The summed E-state index contributed by atoms with van der Waals surface area (Å²) in [5, 5.41) is 1.03. The van der Waals surface area contributed by atoms with Gasteiger partial charge in [-0.3, -0.25) is 0 Å². The molecule has 1 rings (SSSR count). The lowest BCUT2D eigenvalue weighted by molar-refractivity contribution is -0.137. The van der Waals surface area contributed by atoms with Crippen LogP contribution in [0, 0.1) is 0 Å². The van der Waals surface area contributed by atoms with Crippen molar-refractivity contribution in [2.75, 3.05) is 0 Å². The Morgan fingerprint density at radius 1 is 1.45 bits per heavy atom. The lowest BCUT2D eigenvalue weighted by Crippen LogP contribution is -2.03. The second kappa shape index (κ2) is 2.99. The molecule has 0 aromatic carbocycles. The number of thiophene rings is 1. The minimum Gasteiger partial charge on any atom is -0.166 e. The largest absolute Gasteiger partial charge is 0.418 e. The van der Waals surface area contributed by atoms with E-state index in [0.29, 0.717) is 4.21 Å². The summed E-state index contributed by atoms with van der Waals surface area (Å²) in [6.07, 6.45) is -4.28. The number of hydrogen-bond acceptors (Lipinski definition) is 2. The molecule has 0 aliphatic rings. The number of halogens is 4. The minimum atomic E-state index is -4.28. The molecule has 0 nitrogen and oxygen atoms in total. The zero-order valence-electron chi connectivity index (χ0n) is 4.94. The summed E-state index contributed by atoms with van der Waals surface area (Å²) in [6, 6.07) is 0.